The van der Waals surface area contributed by atoms with Gasteiger partial charge in [0.25, 0.3) is 0 Å². The van der Waals surface area contributed by atoms with Crippen molar-refractivity contribution in [1.82, 2.24) is 4.90 Å². The molecule has 1 aliphatic heterocycles. The predicted molar refractivity (Wildman–Crippen MR) is 93.6 cm³/mol. The molecule has 0 aliphatic carbocycles. The largest absolute Gasteiger partial charge is 0.416 e. The van der Waals surface area contributed by atoms with Gasteiger partial charge in [0.05, 0.1) is 5.56 Å². The normalized spacial score (nSPS) is 18.4. The second-order valence-corrected chi connectivity index (χ2v) is 6.33. The minimum Gasteiger partial charge on any atom is -0.369 e. The van der Waals surface area contributed by atoms with Crippen LogP contribution in [0.25, 0.3) is 0 Å². The van der Waals surface area contributed by atoms with Gasteiger partial charge in [0.15, 0.2) is 11.9 Å². The van der Waals surface area contributed by atoms with Crippen LogP contribution in [-0.2, 0) is 16.6 Å². The van der Waals surface area contributed by atoms with Crippen molar-refractivity contribution in [2.45, 2.75) is 11.8 Å². The van der Waals surface area contributed by atoms with Gasteiger partial charge in [-0.25, -0.2) is 0 Å². The molecule has 1 atom stereocenters. The first-order valence-electron chi connectivity index (χ1n) is 8.32. The first-order chi connectivity index (χ1) is 12.3. The van der Waals surface area contributed by atoms with Crippen LogP contribution in [0.2, 0.25) is 0 Å². The molecule has 1 saturated heterocycles. The molecule has 26 heavy (non-hydrogen) atoms. The van der Waals surface area contributed by atoms with E-state index in [-0.39, 0.29) is 0 Å². The molecule has 1 aliphatic rings. The van der Waals surface area contributed by atoms with E-state index < -0.39 is 17.4 Å². The molecule has 1 heterocycles. The maximum atomic E-state index is 12.9. The average molecular weight is 363 g/mol. The summed E-state index contributed by atoms with van der Waals surface area (Å²) >= 11 is 0. The van der Waals surface area contributed by atoms with Gasteiger partial charge in [-0.05, 0) is 23.8 Å². The van der Waals surface area contributed by atoms with Crippen LogP contribution in [0.1, 0.15) is 11.1 Å². The SMILES string of the molecule is N[C@@](C=O)(c1ccccc1)N1CCN(c2cccc(C(F)(F)F)c2)CC1. The fourth-order valence-electron chi connectivity index (χ4n) is 3.24. The molecule has 0 aromatic heterocycles. The number of aldehydes is 1. The van der Waals surface area contributed by atoms with Crippen molar-refractivity contribution in [3.63, 3.8) is 0 Å². The van der Waals surface area contributed by atoms with Crippen molar-refractivity contribution >= 4 is 12.0 Å². The molecule has 0 spiro atoms. The minimum atomic E-state index is -4.37. The number of alkyl halides is 3. The summed E-state index contributed by atoms with van der Waals surface area (Å²) in [6.07, 6.45) is -3.64. The van der Waals surface area contributed by atoms with Crippen molar-refractivity contribution < 1.29 is 18.0 Å². The second-order valence-electron chi connectivity index (χ2n) is 6.33. The maximum absolute atomic E-state index is 12.9. The number of benzene rings is 2. The van der Waals surface area contributed by atoms with Gasteiger partial charge in [0, 0.05) is 31.9 Å². The number of rotatable bonds is 4. The molecular formula is C19H20F3N3O. The van der Waals surface area contributed by atoms with Gasteiger partial charge in [0.1, 0.15) is 0 Å². The van der Waals surface area contributed by atoms with Gasteiger partial charge in [-0.15, -0.1) is 0 Å². The molecule has 2 N–H and O–H groups in total. The quantitative estimate of drug-likeness (QED) is 0.849. The first-order valence-corrected chi connectivity index (χ1v) is 8.32. The van der Waals surface area contributed by atoms with Gasteiger partial charge in [0.2, 0.25) is 0 Å². The summed E-state index contributed by atoms with van der Waals surface area (Å²) in [4.78, 5) is 15.5. The van der Waals surface area contributed by atoms with E-state index in [1.54, 1.807) is 18.2 Å². The Bertz CT molecular complexity index is 758. The third kappa shape index (κ3) is 3.59. The van der Waals surface area contributed by atoms with Crippen molar-refractivity contribution in [2.75, 3.05) is 31.1 Å². The third-order valence-corrected chi connectivity index (χ3v) is 4.76. The number of carbonyl (C=O) groups excluding carboxylic acids is 1. The lowest BCUT2D eigenvalue weighted by molar-refractivity contribution is -0.137. The Labute approximate surface area is 150 Å². The van der Waals surface area contributed by atoms with E-state index in [9.17, 15) is 18.0 Å². The van der Waals surface area contributed by atoms with Crippen LogP contribution in [0.5, 0.6) is 0 Å². The molecule has 0 unspecified atom stereocenters. The van der Waals surface area contributed by atoms with E-state index in [1.807, 2.05) is 28.0 Å². The number of hydrogen-bond donors (Lipinski definition) is 1. The Morgan fingerprint density at radius 2 is 1.50 bits per heavy atom. The topological polar surface area (TPSA) is 49.6 Å². The maximum Gasteiger partial charge on any atom is 0.416 e. The summed E-state index contributed by atoms with van der Waals surface area (Å²) in [7, 11) is 0. The summed E-state index contributed by atoms with van der Waals surface area (Å²) in [5, 5.41) is 0. The highest BCUT2D eigenvalue weighted by atomic mass is 19.4. The fourth-order valence-corrected chi connectivity index (χ4v) is 3.24. The summed E-state index contributed by atoms with van der Waals surface area (Å²) in [5.41, 5.74) is 5.67. The van der Waals surface area contributed by atoms with E-state index in [0.717, 1.165) is 18.4 Å². The number of halogens is 3. The zero-order valence-corrected chi connectivity index (χ0v) is 14.1. The molecule has 2 aromatic rings. The van der Waals surface area contributed by atoms with Gasteiger partial charge in [-0.2, -0.15) is 13.2 Å². The van der Waals surface area contributed by atoms with Gasteiger partial charge >= 0.3 is 6.18 Å². The third-order valence-electron chi connectivity index (χ3n) is 4.76. The van der Waals surface area contributed by atoms with Gasteiger partial charge in [-0.1, -0.05) is 36.4 Å². The highest BCUT2D eigenvalue weighted by Gasteiger charge is 2.36. The number of nitrogens with zero attached hydrogens (tertiary/aromatic N) is 2. The van der Waals surface area contributed by atoms with Crippen molar-refractivity contribution in [3.05, 3.63) is 65.7 Å². The van der Waals surface area contributed by atoms with Crippen molar-refractivity contribution in [3.8, 4) is 0 Å². The lowest BCUT2D eigenvalue weighted by Gasteiger charge is -2.43. The molecule has 0 bridgehead atoms. The molecule has 0 saturated carbocycles. The van der Waals surface area contributed by atoms with Crippen LogP contribution in [0.4, 0.5) is 18.9 Å². The van der Waals surface area contributed by atoms with E-state index in [4.69, 9.17) is 5.73 Å². The predicted octanol–water partition coefficient (Wildman–Crippen LogP) is 2.84. The molecule has 7 heteroatoms. The van der Waals surface area contributed by atoms with Crippen LogP contribution in [0.3, 0.4) is 0 Å². The van der Waals surface area contributed by atoms with Crippen molar-refractivity contribution in [2.24, 2.45) is 5.73 Å². The van der Waals surface area contributed by atoms with Crippen molar-refractivity contribution in [1.29, 1.82) is 0 Å². The molecule has 3 rings (SSSR count). The summed E-state index contributed by atoms with van der Waals surface area (Å²) in [5.74, 6) is 0. The number of piperazine rings is 1. The lowest BCUT2D eigenvalue weighted by Crippen LogP contribution is -2.60. The number of nitrogens with two attached hydrogens (primary N) is 1. The van der Waals surface area contributed by atoms with Crippen LogP contribution >= 0.6 is 0 Å². The molecular weight excluding hydrogens is 343 g/mol. The smallest absolute Gasteiger partial charge is 0.369 e. The van der Waals surface area contributed by atoms with Gasteiger partial charge < -0.3 is 10.6 Å². The van der Waals surface area contributed by atoms with E-state index in [2.05, 4.69) is 0 Å². The first kappa shape index (κ1) is 18.4. The Kier molecular flexibility index (Phi) is 5.02. The number of carbonyl (C=O) groups is 1. The summed E-state index contributed by atoms with van der Waals surface area (Å²) < 4.78 is 38.7. The monoisotopic (exact) mass is 363 g/mol. The van der Waals surface area contributed by atoms with Crippen LogP contribution in [0.15, 0.2) is 54.6 Å². The molecule has 4 nitrogen and oxygen atoms in total. The van der Waals surface area contributed by atoms with E-state index in [0.29, 0.717) is 37.4 Å². The van der Waals surface area contributed by atoms with Crippen LogP contribution < -0.4 is 10.6 Å². The Balaban J connectivity index is 1.74. The lowest BCUT2D eigenvalue weighted by atomic mass is 9.99. The average Bonchev–Trinajstić information content (AvgIpc) is 2.67. The molecule has 138 valence electrons. The molecule has 0 radical (unpaired) electrons. The number of anilines is 1. The Morgan fingerprint density at radius 3 is 2.08 bits per heavy atom. The van der Waals surface area contributed by atoms with Crippen LogP contribution in [-0.4, -0.2) is 37.4 Å². The highest BCUT2D eigenvalue weighted by Crippen LogP contribution is 2.32. The number of hydrogen-bond acceptors (Lipinski definition) is 4. The molecule has 0 amide bonds. The zero-order valence-electron chi connectivity index (χ0n) is 14.1. The highest BCUT2D eigenvalue weighted by molar-refractivity contribution is 5.67. The Morgan fingerprint density at radius 1 is 0.885 bits per heavy atom. The fraction of sp³-hybridized carbons (Fsp3) is 0.316. The van der Waals surface area contributed by atoms with Crippen LogP contribution in [0, 0.1) is 0 Å². The summed E-state index contributed by atoms with van der Waals surface area (Å²) in [6.45, 7) is 1.92. The molecule has 1 fully saturated rings. The van der Waals surface area contributed by atoms with E-state index in [1.165, 1.54) is 6.07 Å². The van der Waals surface area contributed by atoms with Gasteiger partial charge in [-0.3, -0.25) is 9.69 Å². The standard InChI is InChI=1S/C19H20F3N3O/c20-19(21,22)16-7-4-8-17(13-16)24-9-11-25(12-10-24)18(23,14-26)15-5-2-1-3-6-15/h1-8,13-14H,9-12,23H2/t18-/m1/s1. The Hall–Kier alpha value is -2.38. The second kappa shape index (κ2) is 7.09. The summed E-state index contributed by atoms with van der Waals surface area (Å²) in [6, 6.07) is 14.4. The zero-order chi connectivity index (χ0) is 18.8. The van der Waals surface area contributed by atoms with E-state index >= 15 is 0 Å². The minimum absolute atomic E-state index is 0.473. The molecule has 2 aromatic carbocycles.